The molecule has 0 bridgehead atoms. The number of carbonyl (C=O) groups excluding carboxylic acids is 1. The van der Waals surface area contributed by atoms with Crippen LogP contribution >= 0.6 is 0 Å². The first kappa shape index (κ1) is 20.4. The van der Waals surface area contributed by atoms with Gasteiger partial charge in [0.1, 0.15) is 5.82 Å². The molecule has 1 N–H and O–H groups in total. The third-order valence-corrected chi connectivity index (χ3v) is 6.40. The molecule has 1 fully saturated rings. The molecule has 3 aromatic heterocycles. The van der Waals surface area contributed by atoms with Gasteiger partial charge in [-0.25, -0.2) is 9.37 Å². The van der Waals surface area contributed by atoms with Crippen LogP contribution in [0.4, 0.5) is 4.39 Å². The molecule has 1 amide bonds. The molecule has 6 nitrogen and oxygen atoms in total. The van der Waals surface area contributed by atoms with Crippen molar-refractivity contribution in [2.75, 3.05) is 6.54 Å². The van der Waals surface area contributed by atoms with Gasteiger partial charge in [0.05, 0.1) is 22.9 Å². The zero-order valence-corrected chi connectivity index (χ0v) is 18.0. The van der Waals surface area contributed by atoms with Crippen LogP contribution in [-0.2, 0) is 17.8 Å². The Morgan fingerprint density at radius 3 is 2.81 bits per heavy atom. The Bertz CT molecular complexity index is 1220. The van der Waals surface area contributed by atoms with Gasteiger partial charge in [-0.2, -0.15) is 5.10 Å². The van der Waals surface area contributed by atoms with Gasteiger partial charge in [-0.1, -0.05) is 12.1 Å². The fourth-order valence-corrected chi connectivity index (χ4v) is 4.73. The zero-order chi connectivity index (χ0) is 22.1. The number of hydrogen-bond donors (Lipinski definition) is 1. The second kappa shape index (κ2) is 8.57. The van der Waals surface area contributed by atoms with Crippen molar-refractivity contribution in [3.05, 3.63) is 72.4 Å². The van der Waals surface area contributed by atoms with Gasteiger partial charge < -0.3 is 9.47 Å². The molecule has 0 radical (unpaired) electrons. The summed E-state index contributed by atoms with van der Waals surface area (Å²) in [5, 5.41) is 6.82. The third-order valence-electron chi connectivity index (χ3n) is 6.40. The molecular weight excluding hydrogens is 405 g/mol. The maximum absolute atomic E-state index is 13.1. The third kappa shape index (κ3) is 4.15. The Morgan fingerprint density at radius 1 is 1.19 bits per heavy atom. The average Bonchev–Trinajstić information content (AvgIpc) is 3.54. The molecule has 1 saturated heterocycles. The van der Waals surface area contributed by atoms with Crippen LogP contribution in [-0.4, -0.2) is 43.1 Å². The van der Waals surface area contributed by atoms with Crippen molar-refractivity contribution in [1.29, 1.82) is 0 Å². The van der Waals surface area contributed by atoms with E-state index in [2.05, 4.69) is 34.0 Å². The topological polar surface area (TPSA) is 66.8 Å². The van der Waals surface area contributed by atoms with Crippen molar-refractivity contribution in [1.82, 2.24) is 24.6 Å². The van der Waals surface area contributed by atoms with Gasteiger partial charge in [-0.15, -0.1) is 0 Å². The molecule has 164 valence electrons. The monoisotopic (exact) mass is 431 g/mol. The molecule has 0 spiro atoms. The fourth-order valence-electron chi connectivity index (χ4n) is 4.73. The van der Waals surface area contributed by atoms with Crippen molar-refractivity contribution in [3.8, 4) is 11.3 Å². The molecule has 0 aliphatic carbocycles. The van der Waals surface area contributed by atoms with Crippen LogP contribution in [0.15, 0.2) is 61.1 Å². The predicted octanol–water partition coefficient (Wildman–Crippen LogP) is 4.44. The summed E-state index contributed by atoms with van der Waals surface area (Å²) in [6, 6.07) is 12.8. The van der Waals surface area contributed by atoms with Crippen LogP contribution in [0.1, 0.15) is 25.3 Å². The second-order valence-electron chi connectivity index (χ2n) is 8.68. The van der Waals surface area contributed by atoms with Gasteiger partial charge in [0.15, 0.2) is 0 Å². The van der Waals surface area contributed by atoms with Crippen LogP contribution in [0.5, 0.6) is 0 Å². The number of hydrogen-bond acceptors (Lipinski definition) is 3. The minimum atomic E-state index is -0.249. The van der Waals surface area contributed by atoms with E-state index in [4.69, 9.17) is 4.98 Å². The van der Waals surface area contributed by atoms with Crippen molar-refractivity contribution in [3.63, 3.8) is 0 Å². The smallest absolute Gasteiger partial charge is 0.223 e. The summed E-state index contributed by atoms with van der Waals surface area (Å²) in [4.78, 5) is 19.6. The van der Waals surface area contributed by atoms with E-state index in [9.17, 15) is 9.18 Å². The Hall–Kier alpha value is -3.48. The van der Waals surface area contributed by atoms with Gasteiger partial charge in [-0.05, 0) is 61.6 Å². The molecule has 2 atom stereocenters. The van der Waals surface area contributed by atoms with Crippen LogP contribution in [0.3, 0.4) is 0 Å². The number of carbonyl (C=O) groups is 1. The van der Waals surface area contributed by atoms with Gasteiger partial charge >= 0.3 is 0 Å². The van der Waals surface area contributed by atoms with E-state index in [0.29, 0.717) is 18.8 Å². The van der Waals surface area contributed by atoms with Crippen molar-refractivity contribution in [2.45, 2.75) is 38.8 Å². The van der Waals surface area contributed by atoms with Gasteiger partial charge in [0.2, 0.25) is 5.91 Å². The first-order valence-electron chi connectivity index (χ1n) is 11.1. The molecule has 0 saturated carbocycles. The summed E-state index contributed by atoms with van der Waals surface area (Å²) in [5.41, 5.74) is 4.92. The Balaban J connectivity index is 1.22. The molecule has 4 aromatic rings. The molecule has 7 heteroatoms. The standard InChI is InChI=1S/C25H26FN5O/c1-17-12-19(16-31(17)25(32)9-4-18-2-5-21(26)6-3-18)15-30-11-10-23-24(30)8-7-22(29-23)20-13-27-28-14-20/h2-3,5-8,10-11,13-14,17,19H,4,9,12,15-16H2,1H3,(H,27,28). The van der Waals surface area contributed by atoms with Crippen LogP contribution < -0.4 is 0 Å². The number of rotatable bonds is 6. The summed E-state index contributed by atoms with van der Waals surface area (Å²) in [6.45, 7) is 3.76. The lowest BCUT2D eigenvalue weighted by Gasteiger charge is -2.21. The molecular formula is C25H26FN5O. The Kier molecular flexibility index (Phi) is 5.47. The van der Waals surface area contributed by atoms with Gasteiger partial charge in [-0.3, -0.25) is 9.89 Å². The number of pyridine rings is 1. The number of nitrogens with one attached hydrogen (secondary N) is 1. The fraction of sp³-hybridized carbons (Fsp3) is 0.320. The minimum Gasteiger partial charge on any atom is -0.346 e. The summed E-state index contributed by atoms with van der Waals surface area (Å²) in [6.07, 6.45) is 7.78. The number of benzene rings is 1. The minimum absolute atomic E-state index is 0.174. The maximum Gasteiger partial charge on any atom is 0.223 e. The highest BCUT2D eigenvalue weighted by molar-refractivity contribution is 5.79. The highest BCUT2D eigenvalue weighted by Gasteiger charge is 2.32. The number of halogens is 1. The van der Waals surface area contributed by atoms with E-state index in [1.165, 1.54) is 12.1 Å². The lowest BCUT2D eigenvalue weighted by atomic mass is 10.1. The number of aryl methyl sites for hydroxylation is 1. The Labute approximate surface area is 186 Å². The Morgan fingerprint density at radius 2 is 2.03 bits per heavy atom. The normalized spacial score (nSPS) is 18.5. The zero-order valence-electron chi connectivity index (χ0n) is 18.0. The molecule has 32 heavy (non-hydrogen) atoms. The van der Waals surface area contributed by atoms with Gasteiger partial charge in [0, 0.05) is 43.5 Å². The molecule has 1 aliphatic heterocycles. The predicted molar refractivity (Wildman–Crippen MR) is 121 cm³/mol. The van der Waals surface area contributed by atoms with Crippen LogP contribution in [0, 0.1) is 11.7 Å². The SMILES string of the molecule is CC1CC(Cn2ccc3nc(-c4cn[nH]c4)ccc32)CN1C(=O)CCc1ccc(F)cc1. The van der Waals surface area contributed by atoms with Crippen molar-refractivity contribution >= 4 is 16.9 Å². The van der Waals surface area contributed by atoms with E-state index in [1.54, 1.807) is 18.3 Å². The molecule has 5 rings (SSSR count). The number of nitrogens with zero attached hydrogens (tertiary/aromatic N) is 4. The average molecular weight is 432 g/mol. The molecule has 4 heterocycles. The summed E-state index contributed by atoms with van der Waals surface area (Å²) in [5.74, 6) is 0.332. The molecule has 1 aliphatic rings. The number of amides is 1. The first-order valence-corrected chi connectivity index (χ1v) is 11.1. The molecule has 2 unspecified atom stereocenters. The van der Waals surface area contributed by atoms with Crippen molar-refractivity contribution in [2.24, 2.45) is 5.92 Å². The number of likely N-dealkylation sites (tertiary alicyclic amines) is 1. The van der Waals surface area contributed by atoms with Gasteiger partial charge in [0.25, 0.3) is 0 Å². The van der Waals surface area contributed by atoms with Crippen LogP contribution in [0.25, 0.3) is 22.3 Å². The van der Waals surface area contributed by atoms with Crippen molar-refractivity contribution < 1.29 is 9.18 Å². The number of aromatic amines is 1. The molecule has 1 aromatic carbocycles. The summed E-state index contributed by atoms with van der Waals surface area (Å²) in [7, 11) is 0. The lowest BCUT2D eigenvalue weighted by molar-refractivity contribution is -0.131. The highest BCUT2D eigenvalue weighted by Crippen LogP contribution is 2.28. The first-order chi connectivity index (χ1) is 15.6. The number of fused-ring (bicyclic) bond motifs is 1. The van der Waals surface area contributed by atoms with E-state index in [-0.39, 0.29) is 17.8 Å². The maximum atomic E-state index is 13.1. The number of H-pyrrole nitrogens is 1. The largest absolute Gasteiger partial charge is 0.346 e. The highest BCUT2D eigenvalue weighted by atomic mass is 19.1. The van der Waals surface area contributed by atoms with E-state index < -0.39 is 0 Å². The van der Waals surface area contributed by atoms with E-state index in [0.717, 1.165) is 47.4 Å². The summed E-state index contributed by atoms with van der Waals surface area (Å²) < 4.78 is 15.3. The number of aromatic nitrogens is 4. The van der Waals surface area contributed by atoms with E-state index in [1.807, 2.05) is 23.2 Å². The van der Waals surface area contributed by atoms with E-state index >= 15 is 0 Å². The quantitative estimate of drug-likeness (QED) is 0.491. The van der Waals surface area contributed by atoms with Crippen LogP contribution in [0.2, 0.25) is 0 Å². The lowest BCUT2D eigenvalue weighted by Crippen LogP contribution is -2.34. The second-order valence-corrected chi connectivity index (χ2v) is 8.68. The summed E-state index contributed by atoms with van der Waals surface area (Å²) >= 11 is 0.